The summed E-state index contributed by atoms with van der Waals surface area (Å²) in [4.78, 5) is 0. The van der Waals surface area contributed by atoms with Crippen LogP contribution in [0.1, 0.15) is 20.3 Å². The highest BCUT2D eigenvalue weighted by Crippen LogP contribution is 2.27. The van der Waals surface area contributed by atoms with Gasteiger partial charge in [-0.25, -0.2) is 0 Å². The quantitative estimate of drug-likeness (QED) is 0.704. The number of benzene rings is 1. The van der Waals surface area contributed by atoms with Gasteiger partial charge < -0.3 is 14.8 Å². The molecule has 108 valence electrons. The third-order valence-electron chi connectivity index (χ3n) is 2.73. The smallest absolute Gasteiger partial charge is 0.139 e. The maximum absolute atomic E-state index is 5.98. The highest BCUT2D eigenvalue weighted by molar-refractivity contribution is 6.34. The van der Waals surface area contributed by atoms with Crippen LogP contribution in [0.4, 0.5) is 0 Å². The molecule has 1 N–H and O–H groups in total. The Labute approximate surface area is 125 Å². The molecular formula is C14H21Cl2NO2. The summed E-state index contributed by atoms with van der Waals surface area (Å²) in [6, 6.07) is 5.68. The summed E-state index contributed by atoms with van der Waals surface area (Å²) < 4.78 is 11.0. The third kappa shape index (κ3) is 7.02. The summed E-state index contributed by atoms with van der Waals surface area (Å²) in [5, 5.41) is 4.52. The molecule has 1 rings (SSSR count). The van der Waals surface area contributed by atoms with E-state index in [1.165, 1.54) is 0 Å². The molecule has 0 radical (unpaired) electrons. The van der Waals surface area contributed by atoms with E-state index in [2.05, 4.69) is 19.2 Å². The van der Waals surface area contributed by atoms with Crippen molar-refractivity contribution < 1.29 is 9.47 Å². The minimum atomic E-state index is 0.462. The van der Waals surface area contributed by atoms with Crippen LogP contribution in [0.15, 0.2) is 18.2 Å². The van der Waals surface area contributed by atoms with Gasteiger partial charge in [-0.05, 0) is 25.5 Å². The Bertz CT molecular complexity index is 374. The lowest BCUT2D eigenvalue weighted by Gasteiger charge is -2.12. The maximum atomic E-state index is 5.98. The molecule has 1 atom stereocenters. The van der Waals surface area contributed by atoms with Crippen molar-refractivity contribution in [1.82, 2.24) is 5.32 Å². The second-order valence-corrected chi connectivity index (χ2v) is 5.14. The molecule has 3 nitrogen and oxygen atoms in total. The van der Waals surface area contributed by atoms with Gasteiger partial charge in [0.05, 0.1) is 18.2 Å². The SMILES string of the molecule is CC[C@@H](C)NCCOCCOc1cc(Cl)ccc1Cl. The Morgan fingerprint density at radius 3 is 2.74 bits per heavy atom. The molecular weight excluding hydrogens is 285 g/mol. The standard InChI is InChI=1S/C14H21Cl2NO2/c1-3-11(2)17-6-7-18-8-9-19-14-10-12(15)4-5-13(14)16/h4-5,10-11,17H,3,6-9H2,1-2H3/t11-/m1/s1. The van der Waals surface area contributed by atoms with Crippen LogP contribution in [-0.4, -0.2) is 32.4 Å². The maximum Gasteiger partial charge on any atom is 0.139 e. The molecule has 0 aliphatic rings. The fourth-order valence-electron chi connectivity index (χ4n) is 1.42. The molecule has 0 fully saturated rings. The first-order chi connectivity index (χ1) is 9.13. The first kappa shape index (κ1) is 16.6. The van der Waals surface area contributed by atoms with E-state index in [9.17, 15) is 0 Å². The first-order valence-electron chi connectivity index (χ1n) is 6.52. The van der Waals surface area contributed by atoms with Gasteiger partial charge in [0.15, 0.2) is 0 Å². The second-order valence-electron chi connectivity index (χ2n) is 4.30. The molecule has 0 heterocycles. The zero-order chi connectivity index (χ0) is 14.1. The minimum absolute atomic E-state index is 0.462. The van der Waals surface area contributed by atoms with Crippen molar-refractivity contribution in [2.24, 2.45) is 0 Å². The van der Waals surface area contributed by atoms with Crippen molar-refractivity contribution in [2.75, 3.05) is 26.4 Å². The van der Waals surface area contributed by atoms with E-state index in [1.807, 2.05) is 0 Å². The monoisotopic (exact) mass is 305 g/mol. The van der Waals surface area contributed by atoms with E-state index in [1.54, 1.807) is 18.2 Å². The summed E-state index contributed by atoms with van der Waals surface area (Å²) >= 11 is 11.8. The summed E-state index contributed by atoms with van der Waals surface area (Å²) in [7, 11) is 0. The van der Waals surface area contributed by atoms with Crippen molar-refractivity contribution in [1.29, 1.82) is 0 Å². The lowest BCUT2D eigenvalue weighted by molar-refractivity contribution is 0.100. The molecule has 0 saturated carbocycles. The Morgan fingerprint density at radius 2 is 2.00 bits per heavy atom. The van der Waals surface area contributed by atoms with Crippen LogP contribution < -0.4 is 10.1 Å². The van der Waals surface area contributed by atoms with Crippen molar-refractivity contribution >= 4 is 23.2 Å². The zero-order valence-corrected chi connectivity index (χ0v) is 12.9. The average Bonchev–Trinajstić information content (AvgIpc) is 2.41. The van der Waals surface area contributed by atoms with Gasteiger partial charge in [-0.3, -0.25) is 0 Å². The van der Waals surface area contributed by atoms with Crippen molar-refractivity contribution in [3.63, 3.8) is 0 Å². The molecule has 0 bridgehead atoms. The van der Waals surface area contributed by atoms with Crippen LogP contribution in [0.25, 0.3) is 0 Å². The molecule has 0 saturated heterocycles. The number of hydrogen-bond acceptors (Lipinski definition) is 3. The Kier molecular flexibility index (Phi) is 8.22. The molecule has 0 spiro atoms. The molecule has 1 aromatic rings. The Hall–Kier alpha value is -0.480. The van der Waals surface area contributed by atoms with Gasteiger partial charge in [-0.1, -0.05) is 30.1 Å². The summed E-state index contributed by atoms with van der Waals surface area (Å²) in [5.74, 6) is 0.593. The van der Waals surface area contributed by atoms with Crippen molar-refractivity contribution in [3.05, 3.63) is 28.2 Å². The number of hydrogen-bond donors (Lipinski definition) is 1. The van der Waals surface area contributed by atoms with Crippen molar-refractivity contribution in [2.45, 2.75) is 26.3 Å². The molecule has 19 heavy (non-hydrogen) atoms. The topological polar surface area (TPSA) is 30.5 Å². The minimum Gasteiger partial charge on any atom is -0.490 e. The van der Waals surface area contributed by atoms with Gasteiger partial charge in [0.2, 0.25) is 0 Å². The van der Waals surface area contributed by atoms with Crippen molar-refractivity contribution in [3.8, 4) is 5.75 Å². The second kappa shape index (κ2) is 9.43. The van der Waals surface area contributed by atoms with Crippen LogP contribution in [0.2, 0.25) is 10.0 Å². The molecule has 0 aliphatic carbocycles. The van der Waals surface area contributed by atoms with Gasteiger partial charge in [-0.15, -0.1) is 0 Å². The predicted molar refractivity (Wildman–Crippen MR) is 80.5 cm³/mol. The molecule has 1 aromatic carbocycles. The van der Waals surface area contributed by atoms with E-state index in [0.717, 1.165) is 13.0 Å². The number of nitrogens with one attached hydrogen (secondary N) is 1. The summed E-state index contributed by atoms with van der Waals surface area (Å²) in [6.07, 6.45) is 1.12. The molecule has 0 aromatic heterocycles. The fourth-order valence-corrected chi connectivity index (χ4v) is 1.76. The van der Waals surface area contributed by atoms with Crippen LogP contribution in [0, 0.1) is 0 Å². The molecule has 0 amide bonds. The van der Waals surface area contributed by atoms with Gasteiger partial charge >= 0.3 is 0 Å². The van der Waals surface area contributed by atoms with Gasteiger partial charge in [-0.2, -0.15) is 0 Å². The van der Waals surface area contributed by atoms with Crippen LogP contribution >= 0.6 is 23.2 Å². The fraction of sp³-hybridized carbons (Fsp3) is 0.571. The van der Waals surface area contributed by atoms with E-state index >= 15 is 0 Å². The highest BCUT2D eigenvalue weighted by atomic mass is 35.5. The van der Waals surface area contributed by atoms with Gasteiger partial charge in [0.1, 0.15) is 12.4 Å². The first-order valence-corrected chi connectivity index (χ1v) is 7.28. The van der Waals surface area contributed by atoms with Gasteiger partial charge in [0.25, 0.3) is 0 Å². The highest BCUT2D eigenvalue weighted by Gasteiger charge is 2.02. The van der Waals surface area contributed by atoms with Crippen LogP contribution in [-0.2, 0) is 4.74 Å². The average molecular weight is 306 g/mol. The Balaban J connectivity index is 2.09. The van der Waals surface area contributed by atoms with E-state index in [-0.39, 0.29) is 0 Å². The predicted octanol–water partition coefficient (Wildman–Crippen LogP) is 3.78. The number of halogens is 2. The number of rotatable bonds is 9. The normalized spacial score (nSPS) is 12.4. The summed E-state index contributed by atoms with van der Waals surface area (Å²) in [5.41, 5.74) is 0. The van der Waals surface area contributed by atoms with E-state index < -0.39 is 0 Å². The lowest BCUT2D eigenvalue weighted by Crippen LogP contribution is -2.29. The lowest BCUT2D eigenvalue weighted by atomic mass is 10.3. The zero-order valence-electron chi connectivity index (χ0n) is 11.4. The molecule has 5 heteroatoms. The molecule has 0 aliphatic heterocycles. The van der Waals surface area contributed by atoms with E-state index in [0.29, 0.717) is 41.7 Å². The molecule has 0 unspecified atom stereocenters. The van der Waals surface area contributed by atoms with Crippen LogP contribution in [0.5, 0.6) is 5.75 Å². The summed E-state index contributed by atoms with van der Waals surface area (Å²) in [6.45, 7) is 6.84. The van der Waals surface area contributed by atoms with Gasteiger partial charge in [0, 0.05) is 23.7 Å². The largest absolute Gasteiger partial charge is 0.490 e. The third-order valence-corrected chi connectivity index (χ3v) is 3.28. The Morgan fingerprint density at radius 1 is 1.21 bits per heavy atom. The van der Waals surface area contributed by atoms with Crippen LogP contribution in [0.3, 0.4) is 0 Å². The number of ether oxygens (including phenoxy) is 2. The van der Waals surface area contributed by atoms with E-state index in [4.69, 9.17) is 32.7 Å².